The molecule has 0 saturated heterocycles. The minimum absolute atomic E-state index is 0.0624. The van der Waals surface area contributed by atoms with Gasteiger partial charge in [0, 0.05) is 11.8 Å². The van der Waals surface area contributed by atoms with Gasteiger partial charge in [0.2, 0.25) is 0 Å². The van der Waals surface area contributed by atoms with Crippen molar-refractivity contribution in [1.29, 1.82) is 5.26 Å². The lowest BCUT2D eigenvalue weighted by Crippen LogP contribution is -2.13. The molecule has 0 fully saturated rings. The van der Waals surface area contributed by atoms with Gasteiger partial charge < -0.3 is 14.5 Å². The quantitative estimate of drug-likeness (QED) is 0.538. The number of carbonyl (C=O) groups excluding carboxylic acids is 1. The molecular weight excluding hydrogens is 428 g/mol. The second-order valence-corrected chi connectivity index (χ2v) is 5.93. The molecule has 0 aliphatic heterocycles. The number of hydrogen-bond acceptors (Lipinski definition) is 4. The van der Waals surface area contributed by atoms with Crippen molar-refractivity contribution in [2.75, 3.05) is 11.9 Å². The summed E-state index contributed by atoms with van der Waals surface area (Å²) in [6.07, 6.45) is 1.37. The minimum Gasteiger partial charge on any atom is -0.494 e. The molecule has 1 N–H and O–H groups in total. The first-order valence-corrected chi connectivity index (χ1v) is 8.23. The van der Waals surface area contributed by atoms with E-state index in [0.717, 1.165) is 0 Å². The smallest absolute Gasteiger partial charge is 0.266 e. The molecule has 0 atom stereocenters. The van der Waals surface area contributed by atoms with Crippen molar-refractivity contribution in [2.24, 2.45) is 0 Å². The molecule has 1 aromatic carbocycles. The van der Waals surface area contributed by atoms with Crippen LogP contribution in [0.15, 0.2) is 49.5 Å². The van der Waals surface area contributed by atoms with E-state index in [1.807, 2.05) is 13.0 Å². The Morgan fingerprint density at radius 1 is 1.39 bits per heavy atom. The Kier molecular flexibility index (Phi) is 6.02. The molecule has 2 aromatic rings. The van der Waals surface area contributed by atoms with Gasteiger partial charge in [-0.15, -0.1) is 0 Å². The lowest BCUT2D eigenvalue weighted by atomic mass is 10.2. The zero-order valence-electron chi connectivity index (χ0n) is 12.1. The van der Waals surface area contributed by atoms with E-state index < -0.39 is 5.91 Å². The van der Waals surface area contributed by atoms with Crippen molar-refractivity contribution < 1.29 is 13.9 Å². The molecule has 2 rings (SSSR count). The highest BCUT2D eigenvalue weighted by atomic mass is 79.9. The van der Waals surface area contributed by atoms with Gasteiger partial charge in [0.15, 0.2) is 4.67 Å². The molecule has 1 aromatic heterocycles. The van der Waals surface area contributed by atoms with E-state index in [2.05, 4.69) is 37.2 Å². The van der Waals surface area contributed by atoms with Gasteiger partial charge in [-0.3, -0.25) is 4.79 Å². The summed E-state index contributed by atoms with van der Waals surface area (Å²) < 4.78 is 11.9. The van der Waals surface area contributed by atoms with Crippen molar-refractivity contribution in [3.05, 3.63) is 50.8 Å². The largest absolute Gasteiger partial charge is 0.494 e. The Bertz CT molecular complexity index is 754. The summed E-state index contributed by atoms with van der Waals surface area (Å²) in [6, 6.07) is 10.4. The van der Waals surface area contributed by atoms with E-state index in [4.69, 9.17) is 14.4 Å². The number of benzene rings is 1. The number of amides is 1. The average Bonchev–Trinajstić information content (AvgIpc) is 2.85. The number of hydrogen-bond donors (Lipinski definition) is 1. The Hall–Kier alpha value is -2.04. The fourth-order valence-corrected chi connectivity index (χ4v) is 2.33. The van der Waals surface area contributed by atoms with Gasteiger partial charge in [0.05, 0.1) is 11.1 Å². The van der Waals surface area contributed by atoms with E-state index in [0.29, 0.717) is 32.9 Å². The number of anilines is 1. The Morgan fingerprint density at radius 3 is 2.61 bits per heavy atom. The molecular formula is C16H12Br2N2O3. The molecule has 0 aliphatic carbocycles. The highest BCUT2D eigenvalue weighted by Crippen LogP contribution is 2.28. The van der Waals surface area contributed by atoms with Crippen LogP contribution in [-0.4, -0.2) is 12.5 Å². The number of nitrogens with one attached hydrogen (secondary N) is 1. The van der Waals surface area contributed by atoms with Crippen LogP contribution in [0.4, 0.5) is 5.69 Å². The maximum absolute atomic E-state index is 12.2. The molecule has 1 heterocycles. The first-order chi connectivity index (χ1) is 11.0. The highest BCUT2D eigenvalue weighted by Gasteiger charge is 2.12. The number of ether oxygens (including phenoxy) is 1. The number of carbonyl (C=O) groups is 1. The van der Waals surface area contributed by atoms with Crippen LogP contribution in [0.1, 0.15) is 12.7 Å². The van der Waals surface area contributed by atoms with Gasteiger partial charge in [0.1, 0.15) is 23.2 Å². The van der Waals surface area contributed by atoms with Gasteiger partial charge in [-0.05, 0) is 69.1 Å². The molecule has 0 spiro atoms. The van der Waals surface area contributed by atoms with Crippen LogP contribution >= 0.6 is 31.9 Å². The van der Waals surface area contributed by atoms with Gasteiger partial charge in [-0.2, -0.15) is 5.26 Å². The fourth-order valence-electron chi connectivity index (χ4n) is 1.72. The number of rotatable bonds is 5. The van der Waals surface area contributed by atoms with Crippen molar-refractivity contribution in [3.63, 3.8) is 0 Å². The van der Waals surface area contributed by atoms with Crippen molar-refractivity contribution in [3.8, 4) is 11.8 Å². The molecule has 0 unspecified atom stereocenters. The Morgan fingerprint density at radius 2 is 2.09 bits per heavy atom. The zero-order valence-corrected chi connectivity index (χ0v) is 15.3. The summed E-state index contributed by atoms with van der Waals surface area (Å²) in [5, 5.41) is 11.8. The number of nitrogens with zero attached hydrogens (tertiary/aromatic N) is 1. The molecule has 1 amide bonds. The summed E-state index contributed by atoms with van der Waals surface area (Å²) in [5.41, 5.74) is 0.508. The normalized spacial score (nSPS) is 11.0. The highest BCUT2D eigenvalue weighted by molar-refractivity contribution is 9.13. The molecule has 0 bridgehead atoms. The zero-order chi connectivity index (χ0) is 16.8. The number of furan rings is 1. The number of nitriles is 1. The second kappa shape index (κ2) is 7.99. The summed E-state index contributed by atoms with van der Waals surface area (Å²) in [7, 11) is 0. The first kappa shape index (κ1) is 17.3. The monoisotopic (exact) mass is 438 g/mol. The predicted molar refractivity (Wildman–Crippen MR) is 93.9 cm³/mol. The standard InChI is InChI=1S/C16H12Br2N2O3/c1-2-22-12-5-3-11(4-6-12)20-16(21)10(9-19)7-13-8-14(17)15(18)23-13/h3-8H,2H2,1H3,(H,20,21)/b10-7-. The van der Waals surface area contributed by atoms with Gasteiger partial charge in [-0.25, -0.2) is 0 Å². The van der Waals surface area contributed by atoms with E-state index in [1.54, 1.807) is 30.3 Å². The summed E-state index contributed by atoms with van der Waals surface area (Å²) >= 11 is 6.47. The molecule has 7 heteroatoms. The van der Waals surface area contributed by atoms with Gasteiger partial charge in [-0.1, -0.05) is 0 Å². The van der Waals surface area contributed by atoms with Crippen LogP contribution in [0.5, 0.6) is 5.75 Å². The molecule has 0 saturated carbocycles. The molecule has 0 radical (unpaired) electrons. The van der Waals surface area contributed by atoms with Gasteiger partial charge >= 0.3 is 0 Å². The SMILES string of the molecule is CCOc1ccc(NC(=O)/C(C#N)=C\c2cc(Br)c(Br)o2)cc1. The molecule has 23 heavy (non-hydrogen) atoms. The van der Waals surface area contributed by atoms with Crippen LogP contribution < -0.4 is 10.1 Å². The number of halogens is 2. The summed E-state index contributed by atoms with van der Waals surface area (Å²) in [4.78, 5) is 12.2. The van der Waals surface area contributed by atoms with E-state index in [-0.39, 0.29) is 5.57 Å². The summed E-state index contributed by atoms with van der Waals surface area (Å²) in [6.45, 7) is 2.46. The van der Waals surface area contributed by atoms with Crippen LogP contribution in [0.2, 0.25) is 0 Å². The van der Waals surface area contributed by atoms with Gasteiger partial charge in [0.25, 0.3) is 5.91 Å². The van der Waals surface area contributed by atoms with Crippen LogP contribution in [0.3, 0.4) is 0 Å². The predicted octanol–water partition coefficient (Wildman–Crippen LogP) is 4.75. The average molecular weight is 440 g/mol. The van der Waals surface area contributed by atoms with E-state index in [1.165, 1.54) is 6.08 Å². The topological polar surface area (TPSA) is 75.3 Å². The van der Waals surface area contributed by atoms with Crippen molar-refractivity contribution in [2.45, 2.75) is 6.92 Å². The lowest BCUT2D eigenvalue weighted by molar-refractivity contribution is -0.112. The third-order valence-corrected chi connectivity index (χ3v) is 4.45. The Balaban J connectivity index is 2.12. The third kappa shape index (κ3) is 4.71. The fraction of sp³-hybridized carbons (Fsp3) is 0.125. The first-order valence-electron chi connectivity index (χ1n) is 6.64. The van der Waals surface area contributed by atoms with E-state index in [9.17, 15) is 4.79 Å². The Labute approximate surface area is 150 Å². The second-order valence-electron chi connectivity index (χ2n) is 4.35. The maximum Gasteiger partial charge on any atom is 0.266 e. The maximum atomic E-state index is 12.2. The van der Waals surface area contributed by atoms with Crippen LogP contribution in [0.25, 0.3) is 6.08 Å². The van der Waals surface area contributed by atoms with Crippen molar-refractivity contribution in [1.82, 2.24) is 0 Å². The minimum atomic E-state index is -0.514. The summed E-state index contributed by atoms with van der Waals surface area (Å²) in [5.74, 6) is 0.592. The lowest BCUT2D eigenvalue weighted by Gasteiger charge is -2.06. The molecule has 5 nitrogen and oxygen atoms in total. The van der Waals surface area contributed by atoms with Crippen molar-refractivity contribution >= 4 is 49.5 Å². The molecule has 118 valence electrons. The molecule has 0 aliphatic rings. The van der Waals surface area contributed by atoms with Crippen LogP contribution in [0, 0.1) is 11.3 Å². The third-order valence-electron chi connectivity index (χ3n) is 2.74. The van der Waals surface area contributed by atoms with Crippen LogP contribution in [-0.2, 0) is 4.79 Å². The van der Waals surface area contributed by atoms with E-state index >= 15 is 0 Å².